The van der Waals surface area contributed by atoms with Crippen LogP contribution in [0.5, 0.6) is 0 Å². The fourth-order valence-electron chi connectivity index (χ4n) is 3.56. The van der Waals surface area contributed by atoms with Gasteiger partial charge in [0.15, 0.2) is 5.82 Å². The summed E-state index contributed by atoms with van der Waals surface area (Å²) in [5.74, 6) is 1.35. The van der Waals surface area contributed by atoms with E-state index in [1.807, 2.05) is 54.6 Å². The molecule has 1 saturated heterocycles. The van der Waals surface area contributed by atoms with Gasteiger partial charge in [0.1, 0.15) is 5.82 Å². The van der Waals surface area contributed by atoms with E-state index in [2.05, 4.69) is 15.5 Å². The second kappa shape index (κ2) is 10.3. The van der Waals surface area contributed by atoms with Crippen LogP contribution >= 0.6 is 0 Å². The van der Waals surface area contributed by atoms with Gasteiger partial charge in [-0.25, -0.2) is 9.97 Å². The molecule has 0 saturated carbocycles. The Morgan fingerprint density at radius 2 is 1.84 bits per heavy atom. The van der Waals surface area contributed by atoms with Crippen LogP contribution in [0.3, 0.4) is 0 Å². The normalized spacial score (nSPS) is 13.8. The van der Waals surface area contributed by atoms with E-state index in [4.69, 9.17) is 14.7 Å². The predicted molar refractivity (Wildman–Crippen MR) is 124 cm³/mol. The summed E-state index contributed by atoms with van der Waals surface area (Å²) in [4.78, 5) is 23.6. The average Bonchev–Trinajstić information content (AvgIpc) is 2.85. The topological polar surface area (TPSA) is 99.6 Å². The van der Waals surface area contributed by atoms with Crippen molar-refractivity contribution in [3.05, 3.63) is 60.2 Å². The first-order valence-corrected chi connectivity index (χ1v) is 10.6. The molecule has 32 heavy (non-hydrogen) atoms. The van der Waals surface area contributed by atoms with Gasteiger partial charge in [-0.1, -0.05) is 30.3 Å². The fraction of sp³-hybridized carbons (Fsp3) is 0.292. The lowest BCUT2D eigenvalue weighted by atomic mass is 10.1. The van der Waals surface area contributed by atoms with Gasteiger partial charge in [-0.3, -0.25) is 4.79 Å². The van der Waals surface area contributed by atoms with Crippen LogP contribution in [-0.4, -0.2) is 60.9 Å². The molecule has 0 unspecified atom stereocenters. The van der Waals surface area contributed by atoms with E-state index in [9.17, 15) is 9.90 Å². The number of aliphatic hydroxyl groups excluding tert-OH is 1. The van der Waals surface area contributed by atoms with Gasteiger partial charge in [-0.05, 0) is 30.8 Å². The lowest BCUT2D eigenvalue weighted by molar-refractivity contribution is -0.115. The van der Waals surface area contributed by atoms with Gasteiger partial charge in [0, 0.05) is 36.0 Å². The molecule has 0 bridgehead atoms. The summed E-state index contributed by atoms with van der Waals surface area (Å²) in [6.07, 6.45) is 0. The zero-order valence-corrected chi connectivity index (χ0v) is 18.0. The third-order valence-corrected chi connectivity index (χ3v) is 5.22. The van der Waals surface area contributed by atoms with Crippen molar-refractivity contribution in [2.75, 3.05) is 50.1 Å². The first-order chi connectivity index (χ1) is 15.7. The third-order valence-electron chi connectivity index (χ3n) is 5.22. The number of morpholine rings is 1. The Morgan fingerprint density at radius 1 is 1.06 bits per heavy atom. The molecule has 1 aliphatic heterocycles. The standard InChI is InChI=1S/C24H27N5O3/c1-25-15-23(31)26-20-7-5-18(6-8-20)21-14-22(29-9-11-32-12-10-29)28-24(27-21)19-4-2-3-17(13-19)16-30/h2-8,13-14,25,30H,9-12,15-16H2,1H3,(H,26,31). The van der Waals surface area contributed by atoms with Gasteiger partial charge in [0.25, 0.3) is 0 Å². The van der Waals surface area contributed by atoms with Crippen molar-refractivity contribution in [2.24, 2.45) is 0 Å². The molecule has 1 fully saturated rings. The summed E-state index contributed by atoms with van der Waals surface area (Å²) in [6.45, 7) is 3.08. The number of benzene rings is 2. The number of carbonyl (C=O) groups is 1. The van der Waals surface area contributed by atoms with Crippen molar-refractivity contribution < 1.29 is 14.6 Å². The number of nitrogens with one attached hydrogen (secondary N) is 2. The number of anilines is 2. The Labute approximate surface area is 187 Å². The molecule has 0 spiro atoms. The molecule has 0 aliphatic carbocycles. The molecular weight excluding hydrogens is 406 g/mol. The van der Waals surface area contributed by atoms with Gasteiger partial charge in [-0.15, -0.1) is 0 Å². The highest BCUT2D eigenvalue weighted by Gasteiger charge is 2.17. The largest absolute Gasteiger partial charge is 0.392 e. The van der Waals surface area contributed by atoms with Crippen LogP contribution in [0.1, 0.15) is 5.56 Å². The summed E-state index contributed by atoms with van der Waals surface area (Å²) >= 11 is 0. The Hall–Kier alpha value is -3.33. The van der Waals surface area contributed by atoms with Crippen molar-refractivity contribution in [1.82, 2.24) is 15.3 Å². The molecule has 3 aromatic rings. The number of aliphatic hydroxyl groups is 1. The van der Waals surface area contributed by atoms with Gasteiger partial charge < -0.3 is 25.4 Å². The smallest absolute Gasteiger partial charge is 0.238 e. The maximum absolute atomic E-state index is 11.8. The van der Waals surface area contributed by atoms with Crippen LogP contribution in [0.4, 0.5) is 11.5 Å². The minimum atomic E-state index is -0.0945. The minimum absolute atomic E-state index is 0.0371. The van der Waals surface area contributed by atoms with Crippen LogP contribution < -0.4 is 15.5 Å². The lowest BCUT2D eigenvalue weighted by Gasteiger charge is -2.28. The molecule has 2 heterocycles. The molecule has 8 nitrogen and oxygen atoms in total. The van der Waals surface area contributed by atoms with Crippen molar-refractivity contribution in [1.29, 1.82) is 0 Å². The molecule has 1 aromatic heterocycles. The first-order valence-electron chi connectivity index (χ1n) is 10.6. The summed E-state index contributed by atoms with van der Waals surface area (Å²) < 4.78 is 5.49. The monoisotopic (exact) mass is 433 g/mol. The maximum atomic E-state index is 11.8. The average molecular weight is 434 g/mol. The highest BCUT2D eigenvalue weighted by Crippen LogP contribution is 2.28. The molecule has 1 amide bonds. The Morgan fingerprint density at radius 3 is 2.56 bits per heavy atom. The molecule has 0 radical (unpaired) electrons. The lowest BCUT2D eigenvalue weighted by Crippen LogP contribution is -2.36. The van der Waals surface area contributed by atoms with E-state index in [1.54, 1.807) is 7.05 Å². The zero-order valence-electron chi connectivity index (χ0n) is 18.0. The number of aromatic nitrogens is 2. The zero-order chi connectivity index (χ0) is 22.3. The van der Waals surface area contributed by atoms with Crippen LogP contribution in [-0.2, 0) is 16.1 Å². The van der Waals surface area contributed by atoms with Gasteiger partial charge in [0.2, 0.25) is 5.91 Å². The molecular formula is C24H27N5O3. The molecule has 1 aliphatic rings. The Kier molecular flexibility index (Phi) is 7.06. The predicted octanol–water partition coefficient (Wildman–Crippen LogP) is 2.30. The summed E-state index contributed by atoms with van der Waals surface area (Å²) in [5.41, 5.74) is 4.11. The van der Waals surface area contributed by atoms with Crippen LogP contribution in [0.2, 0.25) is 0 Å². The highest BCUT2D eigenvalue weighted by atomic mass is 16.5. The van der Waals surface area contributed by atoms with E-state index >= 15 is 0 Å². The van der Waals surface area contributed by atoms with E-state index in [-0.39, 0.29) is 19.1 Å². The number of ether oxygens (including phenoxy) is 1. The Balaban J connectivity index is 1.69. The molecule has 2 aromatic carbocycles. The van der Waals surface area contributed by atoms with Crippen molar-refractivity contribution in [3.8, 4) is 22.6 Å². The molecule has 0 atom stereocenters. The van der Waals surface area contributed by atoms with Crippen LogP contribution in [0, 0.1) is 0 Å². The number of rotatable bonds is 7. The van der Waals surface area contributed by atoms with Crippen molar-refractivity contribution in [3.63, 3.8) is 0 Å². The number of hydrogen-bond acceptors (Lipinski definition) is 7. The number of hydrogen-bond donors (Lipinski definition) is 3. The first kappa shape index (κ1) is 21.9. The van der Waals surface area contributed by atoms with E-state index in [0.29, 0.717) is 19.0 Å². The highest BCUT2D eigenvalue weighted by molar-refractivity contribution is 5.92. The SMILES string of the molecule is CNCC(=O)Nc1ccc(-c2cc(N3CCOCC3)nc(-c3cccc(CO)c3)n2)cc1. The summed E-state index contributed by atoms with van der Waals surface area (Å²) in [5, 5.41) is 15.2. The van der Waals surface area contributed by atoms with Crippen LogP contribution in [0.15, 0.2) is 54.6 Å². The summed E-state index contributed by atoms with van der Waals surface area (Å²) in [7, 11) is 1.73. The third kappa shape index (κ3) is 5.28. The van der Waals surface area contributed by atoms with E-state index in [1.165, 1.54) is 0 Å². The minimum Gasteiger partial charge on any atom is -0.392 e. The van der Waals surface area contributed by atoms with Crippen molar-refractivity contribution in [2.45, 2.75) is 6.61 Å². The molecule has 3 N–H and O–H groups in total. The Bertz CT molecular complexity index is 1070. The van der Waals surface area contributed by atoms with Gasteiger partial charge in [0.05, 0.1) is 32.1 Å². The molecule has 8 heteroatoms. The van der Waals surface area contributed by atoms with Crippen LogP contribution in [0.25, 0.3) is 22.6 Å². The number of amides is 1. The quantitative estimate of drug-likeness (QED) is 0.526. The second-order valence-electron chi connectivity index (χ2n) is 7.55. The number of likely N-dealkylation sites (N-methyl/N-ethyl adjacent to an activating group) is 1. The number of carbonyl (C=O) groups excluding carboxylic acids is 1. The van der Waals surface area contributed by atoms with E-state index in [0.717, 1.165) is 47.0 Å². The fourth-order valence-corrected chi connectivity index (χ4v) is 3.56. The molecule has 4 rings (SSSR count). The molecule has 166 valence electrons. The maximum Gasteiger partial charge on any atom is 0.238 e. The number of nitrogens with zero attached hydrogens (tertiary/aromatic N) is 3. The second-order valence-corrected chi connectivity index (χ2v) is 7.55. The van der Waals surface area contributed by atoms with E-state index < -0.39 is 0 Å². The summed E-state index contributed by atoms with van der Waals surface area (Å²) in [6, 6.07) is 17.2. The van der Waals surface area contributed by atoms with Gasteiger partial charge in [-0.2, -0.15) is 0 Å². The van der Waals surface area contributed by atoms with Crippen molar-refractivity contribution >= 4 is 17.4 Å². The van der Waals surface area contributed by atoms with Gasteiger partial charge >= 0.3 is 0 Å².